The van der Waals surface area contributed by atoms with Gasteiger partial charge in [-0.25, -0.2) is 9.78 Å². The zero-order valence-electron chi connectivity index (χ0n) is 14.2. The zero-order valence-corrected chi connectivity index (χ0v) is 15.0. The molecular formula is C19H18N2O3S. The maximum absolute atomic E-state index is 11.6. The summed E-state index contributed by atoms with van der Waals surface area (Å²) in [6.07, 6.45) is 0. The van der Waals surface area contributed by atoms with E-state index in [2.05, 4.69) is 16.4 Å². The molecule has 25 heavy (non-hydrogen) atoms. The average Bonchev–Trinajstić information content (AvgIpc) is 3.09. The fraction of sp³-hybridized carbons (Fsp3) is 0.158. The second-order valence-electron chi connectivity index (χ2n) is 5.44. The quantitative estimate of drug-likeness (QED) is 0.675. The molecule has 0 aliphatic rings. The first kappa shape index (κ1) is 17.0. The summed E-state index contributed by atoms with van der Waals surface area (Å²) in [6.45, 7) is 2.03. The van der Waals surface area contributed by atoms with Crippen LogP contribution in [0, 0.1) is 6.92 Å². The standard InChI is InChI=1S/C19H18N2O3S/c1-12-7-8-17(23-2)15(9-12)16-11-25-19(21-16)20-14-6-4-5-13(10-14)18(22)24-3/h4-11H,1-3H3,(H,20,21). The van der Waals surface area contributed by atoms with E-state index in [0.717, 1.165) is 33.4 Å². The van der Waals surface area contributed by atoms with Crippen LogP contribution in [0.1, 0.15) is 15.9 Å². The molecule has 0 radical (unpaired) electrons. The highest BCUT2D eigenvalue weighted by Crippen LogP contribution is 2.33. The van der Waals surface area contributed by atoms with E-state index >= 15 is 0 Å². The molecule has 0 amide bonds. The minimum Gasteiger partial charge on any atom is -0.496 e. The van der Waals surface area contributed by atoms with Gasteiger partial charge in [-0.2, -0.15) is 0 Å². The Hall–Kier alpha value is -2.86. The highest BCUT2D eigenvalue weighted by molar-refractivity contribution is 7.14. The fourth-order valence-electron chi connectivity index (χ4n) is 2.44. The summed E-state index contributed by atoms with van der Waals surface area (Å²) in [5, 5.41) is 5.94. The summed E-state index contributed by atoms with van der Waals surface area (Å²) < 4.78 is 10.2. The normalized spacial score (nSPS) is 10.4. The summed E-state index contributed by atoms with van der Waals surface area (Å²) in [4.78, 5) is 16.3. The number of carbonyl (C=O) groups excluding carboxylic acids is 1. The van der Waals surface area contributed by atoms with Crippen molar-refractivity contribution < 1.29 is 14.3 Å². The molecule has 0 saturated carbocycles. The van der Waals surface area contributed by atoms with E-state index in [4.69, 9.17) is 9.47 Å². The minimum absolute atomic E-state index is 0.368. The molecule has 3 rings (SSSR count). The van der Waals surface area contributed by atoms with Crippen LogP contribution in [0.15, 0.2) is 47.8 Å². The molecule has 0 spiro atoms. The average molecular weight is 354 g/mol. The van der Waals surface area contributed by atoms with Gasteiger partial charge in [0, 0.05) is 16.6 Å². The number of methoxy groups -OCH3 is 2. The SMILES string of the molecule is COC(=O)c1cccc(Nc2nc(-c3cc(C)ccc3OC)cs2)c1. The number of anilines is 2. The predicted molar refractivity (Wildman–Crippen MR) is 99.9 cm³/mol. The van der Waals surface area contributed by atoms with Crippen LogP contribution < -0.4 is 10.1 Å². The Bertz CT molecular complexity index is 905. The van der Waals surface area contributed by atoms with E-state index in [9.17, 15) is 4.79 Å². The topological polar surface area (TPSA) is 60.5 Å². The number of aromatic nitrogens is 1. The van der Waals surface area contributed by atoms with Gasteiger partial charge in [-0.05, 0) is 37.3 Å². The van der Waals surface area contributed by atoms with E-state index in [0.29, 0.717) is 5.56 Å². The number of nitrogens with one attached hydrogen (secondary N) is 1. The van der Waals surface area contributed by atoms with Crippen LogP contribution in [0.2, 0.25) is 0 Å². The smallest absolute Gasteiger partial charge is 0.337 e. The summed E-state index contributed by atoms with van der Waals surface area (Å²) in [7, 11) is 3.02. The highest BCUT2D eigenvalue weighted by atomic mass is 32.1. The second-order valence-corrected chi connectivity index (χ2v) is 6.30. The van der Waals surface area contributed by atoms with Crippen molar-refractivity contribution in [1.29, 1.82) is 0 Å². The van der Waals surface area contributed by atoms with Crippen molar-refractivity contribution in [3.05, 3.63) is 59.0 Å². The molecule has 0 saturated heterocycles. The largest absolute Gasteiger partial charge is 0.496 e. The number of aryl methyl sites for hydroxylation is 1. The molecule has 6 heteroatoms. The summed E-state index contributed by atoms with van der Waals surface area (Å²) in [5.41, 5.74) is 4.21. The number of rotatable bonds is 5. The van der Waals surface area contributed by atoms with Crippen LogP contribution in [0.4, 0.5) is 10.8 Å². The van der Waals surface area contributed by atoms with Gasteiger partial charge in [0.15, 0.2) is 5.13 Å². The highest BCUT2D eigenvalue weighted by Gasteiger charge is 2.11. The third-order valence-electron chi connectivity index (χ3n) is 3.67. The molecule has 3 aromatic rings. The molecule has 0 aliphatic heterocycles. The number of carbonyl (C=O) groups is 1. The van der Waals surface area contributed by atoms with Gasteiger partial charge in [-0.3, -0.25) is 0 Å². The minimum atomic E-state index is -0.368. The van der Waals surface area contributed by atoms with Crippen LogP contribution in [-0.2, 0) is 4.74 Å². The number of nitrogens with zero attached hydrogens (tertiary/aromatic N) is 1. The zero-order chi connectivity index (χ0) is 17.8. The number of thiazole rings is 1. The molecule has 1 N–H and O–H groups in total. The first-order chi connectivity index (χ1) is 12.1. The van der Waals surface area contributed by atoms with Crippen LogP contribution >= 0.6 is 11.3 Å². The predicted octanol–water partition coefficient (Wildman–Crippen LogP) is 4.66. The van der Waals surface area contributed by atoms with Crippen molar-refractivity contribution >= 4 is 28.1 Å². The van der Waals surface area contributed by atoms with Gasteiger partial charge < -0.3 is 14.8 Å². The van der Waals surface area contributed by atoms with Crippen molar-refractivity contribution in [2.45, 2.75) is 6.92 Å². The first-order valence-electron chi connectivity index (χ1n) is 7.66. The molecule has 5 nitrogen and oxygen atoms in total. The van der Waals surface area contributed by atoms with Crippen molar-refractivity contribution in [2.75, 3.05) is 19.5 Å². The van der Waals surface area contributed by atoms with Crippen LogP contribution in [0.3, 0.4) is 0 Å². The second kappa shape index (κ2) is 7.36. The monoisotopic (exact) mass is 354 g/mol. The molecule has 0 aliphatic carbocycles. The lowest BCUT2D eigenvalue weighted by Crippen LogP contribution is -2.01. The summed E-state index contributed by atoms with van der Waals surface area (Å²) >= 11 is 1.49. The van der Waals surface area contributed by atoms with Gasteiger partial charge >= 0.3 is 5.97 Å². The Morgan fingerprint density at radius 1 is 1.16 bits per heavy atom. The number of ether oxygens (including phenoxy) is 2. The maximum Gasteiger partial charge on any atom is 0.337 e. The van der Waals surface area contributed by atoms with Gasteiger partial charge in [0.05, 0.1) is 25.5 Å². The van der Waals surface area contributed by atoms with Crippen molar-refractivity contribution in [1.82, 2.24) is 4.98 Å². The van der Waals surface area contributed by atoms with Gasteiger partial charge in [-0.1, -0.05) is 17.7 Å². The third kappa shape index (κ3) is 3.80. The number of hydrogen-bond acceptors (Lipinski definition) is 6. The molecule has 0 fully saturated rings. The number of hydrogen-bond donors (Lipinski definition) is 1. The van der Waals surface area contributed by atoms with E-state index < -0.39 is 0 Å². The number of esters is 1. The Balaban J connectivity index is 1.85. The van der Waals surface area contributed by atoms with E-state index in [1.54, 1.807) is 25.3 Å². The Labute approximate surface area is 150 Å². The van der Waals surface area contributed by atoms with Crippen molar-refractivity contribution in [3.63, 3.8) is 0 Å². The molecule has 0 bridgehead atoms. The molecule has 1 heterocycles. The van der Waals surface area contributed by atoms with Gasteiger partial charge in [-0.15, -0.1) is 11.3 Å². The Morgan fingerprint density at radius 3 is 2.76 bits per heavy atom. The lowest BCUT2D eigenvalue weighted by atomic mass is 10.1. The van der Waals surface area contributed by atoms with Crippen molar-refractivity contribution in [2.24, 2.45) is 0 Å². The van der Waals surface area contributed by atoms with Crippen LogP contribution in [0.5, 0.6) is 5.75 Å². The van der Waals surface area contributed by atoms with Gasteiger partial charge in [0.2, 0.25) is 0 Å². The van der Waals surface area contributed by atoms with Gasteiger partial charge in [0.25, 0.3) is 0 Å². The van der Waals surface area contributed by atoms with Gasteiger partial charge in [0.1, 0.15) is 5.75 Å². The van der Waals surface area contributed by atoms with Crippen LogP contribution in [-0.4, -0.2) is 25.2 Å². The lowest BCUT2D eigenvalue weighted by Gasteiger charge is -2.07. The summed E-state index contributed by atoms with van der Waals surface area (Å²) in [6, 6.07) is 13.1. The van der Waals surface area contributed by atoms with Crippen LogP contribution in [0.25, 0.3) is 11.3 Å². The fourth-order valence-corrected chi connectivity index (χ4v) is 3.17. The Morgan fingerprint density at radius 2 is 2.00 bits per heavy atom. The molecule has 0 atom stereocenters. The van der Waals surface area contributed by atoms with E-state index in [1.807, 2.05) is 30.5 Å². The first-order valence-corrected chi connectivity index (χ1v) is 8.54. The molecule has 0 unspecified atom stereocenters. The van der Waals surface area contributed by atoms with E-state index in [-0.39, 0.29) is 5.97 Å². The Kier molecular flexibility index (Phi) is 5.00. The summed E-state index contributed by atoms with van der Waals surface area (Å²) in [5.74, 6) is 0.420. The molecule has 128 valence electrons. The number of benzene rings is 2. The third-order valence-corrected chi connectivity index (χ3v) is 4.43. The lowest BCUT2D eigenvalue weighted by molar-refractivity contribution is 0.0601. The van der Waals surface area contributed by atoms with Crippen molar-refractivity contribution in [3.8, 4) is 17.0 Å². The molecular weight excluding hydrogens is 336 g/mol. The van der Waals surface area contributed by atoms with E-state index in [1.165, 1.54) is 18.4 Å². The molecule has 1 aromatic heterocycles. The maximum atomic E-state index is 11.6. The molecule has 2 aromatic carbocycles.